The molecule has 1 aromatic carbocycles. The Morgan fingerprint density at radius 3 is 2.75 bits per heavy atom. The van der Waals surface area contributed by atoms with Crippen LogP contribution in [0.3, 0.4) is 0 Å². The van der Waals surface area contributed by atoms with Crippen LogP contribution in [0.15, 0.2) is 29.8 Å². The lowest BCUT2D eigenvalue weighted by molar-refractivity contribution is -0.117. The minimum absolute atomic E-state index is 0.148. The zero-order valence-electron chi connectivity index (χ0n) is 9.59. The number of benzene rings is 1. The molecule has 0 atom stereocenters. The Morgan fingerprint density at radius 1 is 1.44 bits per heavy atom. The van der Waals surface area contributed by atoms with Crippen molar-refractivity contribution < 1.29 is 9.18 Å². The summed E-state index contributed by atoms with van der Waals surface area (Å²) in [6.07, 6.45) is 2.44. The van der Waals surface area contributed by atoms with Crippen molar-refractivity contribution in [2.75, 3.05) is 6.54 Å². The molecule has 0 spiro atoms. The van der Waals surface area contributed by atoms with E-state index in [0.717, 1.165) is 6.42 Å². The van der Waals surface area contributed by atoms with Gasteiger partial charge in [0.05, 0.1) is 0 Å². The van der Waals surface area contributed by atoms with E-state index in [1.165, 1.54) is 6.07 Å². The summed E-state index contributed by atoms with van der Waals surface area (Å²) in [4.78, 5) is 11.5. The third-order valence-corrected chi connectivity index (χ3v) is 2.17. The van der Waals surface area contributed by atoms with E-state index in [2.05, 4.69) is 5.32 Å². The predicted octanol–water partition coefficient (Wildman–Crippen LogP) is 2.76. The smallest absolute Gasteiger partial charge is 0.246 e. The van der Waals surface area contributed by atoms with Crippen molar-refractivity contribution in [3.05, 3.63) is 41.2 Å². The lowest BCUT2D eigenvalue weighted by Gasteiger charge is -2.03. The predicted molar refractivity (Wildman–Crippen MR) is 63.4 cm³/mol. The lowest BCUT2D eigenvalue weighted by atomic mass is 10.1. The number of halogens is 1. The normalized spacial score (nSPS) is 11.3. The molecule has 1 rings (SSSR count). The van der Waals surface area contributed by atoms with Gasteiger partial charge in [0.2, 0.25) is 5.91 Å². The monoisotopic (exact) mass is 221 g/mol. The van der Waals surface area contributed by atoms with E-state index in [1.807, 2.05) is 6.92 Å². The zero-order valence-corrected chi connectivity index (χ0v) is 9.59. The van der Waals surface area contributed by atoms with Gasteiger partial charge in [0.1, 0.15) is 5.82 Å². The van der Waals surface area contributed by atoms with Crippen molar-refractivity contribution in [3.63, 3.8) is 0 Å². The summed E-state index contributed by atoms with van der Waals surface area (Å²) < 4.78 is 13.3. The van der Waals surface area contributed by atoms with Gasteiger partial charge in [0.15, 0.2) is 0 Å². The van der Waals surface area contributed by atoms with Gasteiger partial charge in [-0.15, -0.1) is 0 Å². The maximum Gasteiger partial charge on any atom is 0.246 e. The van der Waals surface area contributed by atoms with Crippen LogP contribution in [0.1, 0.15) is 25.8 Å². The fourth-order valence-electron chi connectivity index (χ4n) is 1.27. The van der Waals surface area contributed by atoms with E-state index in [4.69, 9.17) is 0 Å². The average Bonchev–Trinajstić information content (AvgIpc) is 2.28. The van der Waals surface area contributed by atoms with E-state index in [9.17, 15) is 9.18 Å². The Kier molecular flexibility index (Phi) is 4.70. The topological polar surface area (TPSA) is 29.1 Å². The molecule has 0 unspecified atom stereocenters. The van der Waals surface area contributed by atoms with E-state index in [-0.39, 0.29) is 11.7 Å². The van der Waals surface area contributed by atoms with Gasteiger partial charge in [-0.05, 0) is 25.5 Å². The molecule has 1 amide bonds. The van der Waals surface area contributed by atoms with Crippen molar-refractivity contribution in [2.24, 2.45) is 0 Å². The molecule has 0 bridgehead atoms. The van der Waals surface area contributed by atoms with Crippen molar-refractivity contribution in [2.45, 2.75) is 20.3 Å². The van der Waals surface area contributed by atoms with E-state index < -0.39 is 0 Å². The Hall–Kier alpha value is -1.64. The minimum atomic E-state index is -0.315. The van der Waals surface area contributed by atoms with Crippen LogP contribution < -0.4 is 5.32 Å². The number of hydrogen-bond acceptors (Lipinski definition) is 1. The highest BCUT2D eigenvalue weighted by atomic mass is 19.1. The van der Waals surface area contributed by atoms with Gasteiger partial charge in [0.25, 0.3) is 0 Å². The van der Waals surface area contributed by atoms with Gasteiger partial charge in [-0.2, -0.15) is 0 Å². The number of hydrogen-bond donors (Lipinski definition) is 1. The first kappa shape index (κ1) is 12.4. The molecule has 2 nitrogen and oxygen atoms in total. The largest absolute Gasteiger partial charge is 0.352 e. The molecular weight excluding hydrogens is 205 g/mol. The summed E-state index contributed by atoms with van der Waals surface area (Å²) >= 11 is 0. The highest BCUT2D eigenvalue weighted by molar-refractivity contribution is 5.97. The quantitative estimate of drug-likeness (QED) is 0.778. The zero-order chi connectivity index (χ0) is 12.0. The molecule has 0 heterocycles. The molecule has 0 aliphatic carbocycles. The maximum absolute atomic E-state index is 13.3. The van der Waals surface area contributed by atoms with Crippen molar-refractivity contribution >= 4 is 12.0 Å². The molecule has 0 aliphatic rings. The highest BCUT2D eigenvalue weighted by Gasteiger charge is 2.04. The van der Waals surface area contributed by atoms with Gasteiger partial charge in [-0.1, -0.05) is 25.1 Å². The molecule has 1 N–H and O–H groups in total. The molecule has 3 heteroatoms. The number of rotatable bonds is 4. The SMILES string of the molecule is CCCNC(=O)/C(C)=C/c1ccccc1F. The summed E-state index contributed by atoms with van der Waals surface area (Å²) in [6.45, 7) is 4.30. The summed E-state index contributed by atoms with van der Waals surface area (Å²) in [5.41, 5.74) is 0.949. The Bertz CT molecular complexity index is 399. The molecular formula is C13H16FNO. The molecule has 0 saturated heterocycles. The van der Waals surface area contributed by atoms with Crippen molar-refractivity contribution in [1.29, 1.82) is 0 Å². The molecule has 0 aliphatic heterocycles. The van der Waals surface area contributed by atoms with Crippen molar-refractivity contribution in [1.82, 2.24) is 5.32 Å². The second-order valence-electron chi connectivity index (χ2n) is 3.60. The second-order valence-corrected chi connectivity index (χ2v) is 3.60. The first-order chi connectivity index (χ1) is 7.65. The van der Waals surface area contributed by atoms with E-state index >= 15 is 0 Å². The van der Waals surface area contributed by atoms with Crippen LogP contribution in [0.2, 0.25) is 0 Å². The van der Waals surface area contributed by atoms with Crippen LogP contribution in [-0.4, -0.2) is 12.5 Å². The standard InChI is InChI=1S/C13H16FNO/c1-3-8-15-13(16)10(2)9-11-6-4-5-7-12(11)14/h4-7,9H,3,8H2,1-2H3,(H,15,16)/b10-9+. The molecule has 86 valence electrons. The molecule has 0 radical (unpaired) electrons. The summed E-state index contributed by atoms with van der Waals surface area (Å²) in [5, 5.41) is 2.74. The summed E-state index contributed by atoms with van der Waals surface area (Å²) in [5.74, 6) is -0.463. The van der Waals surface area contributed by atoms with Crippen LogP contribution >= 0.6 is 0 Å². The third-order valence-electron chi connectivity index (χ3n) is 2.17. The Balaban J connectivity index is 2.77. The van der Waals surface area contributed by atoms with Gasteiger partial charge in [0, 0.05) is 17.7 Å². The van der Waals surface area contributed by atoms with Gasteiger partial charge in [-0.25, -0.2) is 4.39 Å². The van der Waals surface area contributed by atoms with Crippen LogP contribution in [-0.2, 0) is 4.79 Å². The van der Waals surface area contributed by atoms with Crippen LogP contribution in [0, 0.1) is 5.82 Å². The highest BCUT2D eigenvalue weighted by Crippen LogP contribution is 2.11. The Morgan fingerprint density at radius 2 is 2.12 bits per heavy atom. The van der Waals surface area contributed by atoms with Crippen molar-refractivity contribution in [3.8, 4) is 0 Å². The first-order valence-corrected chi connectivity index (χ1v) is 5.36. The molecule has 0 aromatic heterocycles. The third kappa shape index (κ3) is 3.50. The maximum atomic E-state index is 13.3. The second kappa shape index (κ2) is 6.05. The van der Waals surface area contributed by atoms with Gasteiger partial charge < -0.3 is 5.32 Å². The minimum Gasteiger partial charge on any atom is -0.352 e. The number of carbonyl (C=O) groups excluding carboxylic acids is 1. The van der Waals surface area contributed by atoms with Crippen LogP contribution in [0.25, 0.3) is 6.08 Å². The van der Waals surface area contributed by atoms with Gasteiger partial charge >= 0.3 is 0 Å². The molecule has 0 fully saturated rings. The lowest BCUT2D eigenvalue weighted by Crippen LogP contribution is -2.24. The number of nitrogens with one attached hydrogen (secondary N) is 1. The number of carbonyl (C=O) groups is 1. The fraction of sp³-hybridized carbons (Fsp3) is 0.308. The van der Waals surface area contributed by atoms with E-state index in [1.54, 1.807) is 31.2 Å². The number of amides is 1. The Labute approximate surface area is 95.2 Å². The van der Waals surface area contributed by atoms with E-state index in [0.29, 0.717) is 17.7 Å². The molecule has 1 aromatic rings. The summed E-state index contributed by atoms with van der Waals surface area (Å²) in [7, 11) is 0. The average molecular weight is 221 g/mol. The summed E-state index contributed by atoms with van der Waals surface area (Å²) in [6, 6.07) is 6.39. The van der Waals surface area contributed by atoms with Crippen LogP contribution in [0.4, 0.5) is 4.39 Å². The first-order valence-electron chi connectivity index (χ1n) is 5.36. The molecule has 16 heavy (non-hydrogen) atoms. The van der Waals surface area contributed by atoms with Gasteiger partial charge in [-0.3, -0.25) is 4.79 Å². The molecule has 0 saturated carbocycles. The fourth-order valence-corrected chi connectivity index (χ4v) is 1.27. The van der Waals surface area contributed by atoms with Crippen LogP contribution in [0.5, 0.6) is 0 Å².